The summed E-state index contributed by atoms with van der Waals surface area (Å²) in [6.45, 7) is 1.77. The molecular formula is C13H14N4O3S. The molecule has 0 aliphatic heterocycles. The lowest BCUT2D eigenvalue weighted by Crippen LogP contribution is -2.33. The standard InChI is InChI=1S/C13H14N4O3S/c1-3-9(8-14)15-12(18)11-10-6-4-5-7-17(10)13(16-11)21(2,19)20/h4-7,9H,3H2,1-2H3,(H,15,18)/t9-/m0/s1. The number of amides is 1. The molecule has 0 aliphatic carbocycles. The van der Waals surface area contributed by atoms with Gasteiger partial charge in [0.15, 0.2) is 5.69 Å². The summed E-state index contributed by atoms with van der Waals surface area (Å²) in [7, 11) is -3.57. The Morgan fingerprint density at radius 1 is 1.52 bits per heavy atom. The maximum absolute atomic E-state index is 12.2. The van der Waals surface area contributed by atoms with Crippen molar-refractivity contribution in [2.45, 2.75) is 24.5 Å². The number of rotatable bonds is 4. The van der Waals surface area contributed by atoms with E-state index < -0.39 is 21.8 Å². The van der Waals surface area contributed by atoms with E-state index in [0.29, 0.717) is 11.9 Å². The molecule has 1 N–H and O–H groups in total. The topological polar surface area (TPSA) is 104 Å². The lowest BCUT2D eigenvalue weighted by molar-refractivity contribution is 0.0941. The van der Waals surface area contributed by atoms with Crippen molar-refractivity contribution in [2.75, 3.05) is 6.26 Å². The molecule has 7 nitrogen and oxygen atoms in total. The van der Waals surface area contributed by atoms with E-state index in [1.165, 1.54) is 10.6 Å². The van der Waals surface area contributed by atoms with Crippen LogP contribution in [0.5, 0.6) is 0 Å². The quantitative estimate of drug-likeness (QED) is 0.898. The number of aromatic nitrogens is 2. The number of hydrogen-bond donors (Lipinski definition) is 1. The van der Waals surface area contributed by atoms with Gasteiger partial charge in [0.1, 0.15) is 6.04 Å². The van der Waals surface area contributed by atoms with Crippen molar-refractivity contribution >= 4 is 21.3 Å². The van der Waals surface area contributed by atoms with Gasteiger partial charge in [-0.05, 0) is 18.6 Å². The fraction of sp³-hybridized carbons (Fsp3) is 0.308. The zero-order valence-corrected chi connectivity index (χ0v) is 12.4. The molecule has 1 amide bonds. The zero-order chi connectivity index (χ0) is 15.6. The van der Waals surface area contributed by atoms with Gasteiger partial charge in [-0.15, -0.1) is 0 Å². The first-order valence-corrected chi connectivity index (χ1v) is 8.15. The predicted molar refractivity (Wildman–Crippen MR) is 75.5 cm³/mol. The number of imidazole rings is 1. The van der Waals surface area contributed by atoms with Crippen LogP contribution in [0.15, 0.2) is 29.6 Å². The highest BCUT2D eigenvalue weighted by Gasteiger charge is 2.23. The molecule has 110 valence electrons. The van der Waals surface area contributed by atoms with Crippen molar-refractivity contribution in [3.8, 4) is 6.07 Å². The molecule has 0 saturated carbocycles. The third-order valence-corrected chi connectivity index (χ3v) is 3.88. The molecule has 2 rings (SSSR count). The van der Waals surface area contributed by atoms with E-state index in [2.05, 4.69) is 10.3 Å². The van der Waals surface area contributed by atoms with Gasteiger partial charge in [0.2, 0.25) is 15.0 Å². The van der Waals surface area contributed by atoms with Gasteiger partial charge in [0.05, 0.1) is 11.6 Å². The first kappa shape index (κ1) is 15.0. The molecule has 0 unspecified atom stereocenters. The molecule has 0 aromatic carbocycles. The molecule has 2 heterocycles. The summed E-state index contributed by atoms with van der Waals surface area (Å²) in [6.07, 6.45) is 3.00. The van der Waals surface area contributed by atoms with E-state index in [9.17, 15) is 13.2 Å². The van der Waals surface area contributed by atoms with Crippen LogP contribution in [-0.4, -0.2) is 36.0 Å². The van der Waals surface area contributed by atoms with Gasteiger partial charge in [-0.2, -0.15) is 5.26 Å². The van der Waals surface area contributed by atoms with E-state index >= 15 is 0 Å². The summed E-state index contributed by atoms with van der Waals surface area (Å²) in [5, 5.41) is 11.2. The van der Waals surface area contributed by atoms with E-state index in [0.717, 1.165) is 6.26 Å². The van der Waals surface area contributed by atoms with Crippen LogP contribution in [0.4, 0.5) is 0 Å². The molecular weight excluding hydrogens is 292 g/mol. The zero-order valence-electron chi connectivity index (χ0n) is 11.6. The average molecular weight is 306 g/mol. The molecule has 0 bridgehead atoms. The second-order valence-corrected chi connectivity index (χ2v) is 6.44. The fourth-order valence-corrected chi connectivity index (χ4v) is 2.66. The van der Waals surface area contributed by atoms with Crippen molar-refractivity contribution in [2.24, 2.45) is 0 Å². The van der Waals surface area contributed by atoms with Crippen LogP contribution in [0.2, 0.25) is 0 Å². The Kier molecular flexibility index (Phi) is 3.95. The Labute approximate surface area is 122 Å². The SMILES string of the molecule is CC[C@@H](C#N)NC(=O)c1nc(S(C)(=O)=O)n2ccccc12. The Bertz CT molecular complexity index is 833. The number of nitrogens with one attached hydrogen (secondary N) is 1. The number of fused-ring (bicyclic) bond motifs is 1. The van der Waals surface area contributed by atoms with Crippen LogP contribution in [0.1, 0.15) is 23.8 Å². The molecule has 0 spiro atoms. The van der Waals surface area contributed by atoms with Gasteiger partial charge in [-0.1, -0.05) is 13.0 Å². The number of nitriles is 1. The maximum Gasteiger partial charge on any atom is 0.273 e. The monoisotopic (exact) mass is 306 g/mol. The van der Waals surface area contributed by atoms with E-state index in [4.69, 9.17) is 5.26 Å². The fourth-order valence-electron chi connectivity index (χ4n) is 1.89. The predicted octanol–water partition coefficient (Wildman–Crippen LogP) is 0.770. The minimum Gasteiger partial charge on any atom is -0.335 e. The second-order valence-electron chi connectivity index (χ2n) is 4.53. The van der Waals surface area contributed by atoms with E-state index in [1.807, 2.05) is 6.07 Å². The highest BCUT2D eigenvalue weighted by molar-refractivity contribution is 7.90. The Morgan fingerprint density at radius 3 is 2.81 bits per heavy atom. The number of nitrogens with zero attached hydrogens (tertiary/aromatic N) is 3. The summed E-state index contributed by atoms with van der Waals surface area (Å²) < 4.78 is 24.8. The first-order chi connectivity index (χ1) is 9.88. The Balaban J connectivity index is 2.56. The molecule has 0 aliphatic rings. The van der Waals surface area contributed by atoms with Gasteiger partial charge >= 0.3 is 0 Å². The minimum atomic E-state index is -3.57. The maximum atomic E-state index is 12.2. The number of carbonyl (C=O) groups excluding carboxylic acids is 1. The summed E-state index contributed by atoms with van der Waals surface area (Å²) in [5.41, 5.74) is 0.368. The van der Waals surface area contributed by atoms with Crippen molar-refractivity contribution in [1.29, 1.82) is 5.26 Å². The second kappa shape index (κ2) is 5.54. The number of pyridine rings is 1. The van der Waals surface area contributed by atoms with Crippen LogP contribution in [0.25, 0.3) is 5.52 Å². The number of hydrogen-bond acceptors (Lipinski definition) is 5. The smallest absolute Gasteiger partial charge is 0.273 e. The van der Waals surface area contributed by atoms with Gasteiger partial charge in [-0.3, -0.25) is 9.20 Å². The minimum absolute atomic E-state index is 0.00951. The van der Waals surface area contributed by atoms with Gasteiger partial charge < -0.3 is 5.32 Å². The van der Waals surface area contributed by atoms with Crippen LogP contribution in [-0.2, 0) is 9.84 Å². The van der Waals surface area contributed by atoms with Crippen LogP contribution in [0, 0.1) is 11.3 Å². The molecule has 0 saturated heterocycles. The molecule has 0 fully saturated rings. The number of sulfone groups is 1. The Morgan fingerprint density at radius 2 is 2.24 bits per heavy atom. The molecule has 2 aromatic heterocycles. The van der Waals surface area contributed by atoms with Gasteiger partial charge in [-0.25, -0.2) is 13.4 Å². The molecule has 2 aromatic rings. The summed E-state index contributed by atoms with van der Waals surface area (Å²) in [5.74, 6) is -0.568. The Hall–Kier alpha value is -2.40. The van der Waals surface area contributed by atoms with Gasteiger partial charge in [0, 0.05) is 12.5 Å². The molecule has 0 radical (unpaired) electrons. The number of carbonyl (C=O) groups is 1. The molecule has 21 heavy (non-hydrogen) atoms. The van der Waals surface area contributed by atoms with E-state index in [1.54, 1.807) is 25.1 Å². The summed E-state index contributed by atoms with van der Waals surface area (Å²) in [6, 6.07) is 6.24. The average Bonchev–Trinajstić information content (AvgIpc) is 2.84. The van der Waals surface area contributed by atoms with Crippen LogP contribution in [0.3, 0.4) is 0 Å². The highest BCUT2D eigenvalue weighted by Crippen LogP contribution is 2.17. The normalized spacial score (nSPS) is 12.8. The van der Waals surface area contributed by atoms with Crippen molar-refractivity contribution in [1.82, 2.24) is 14.7 Å². The van der Waals surface area contributed by atoms with Crippen molar-refractivity contribution in [3.63, 3.8) is 0 Å². The third kappa shape index (κ3) is 2.87. The lowest BCUT2D eigenvalue weighted by Gasteiger charge is -2.07. The van der Waals surface area contributed by atoms with Gasteiger partial charge in [0.25, 0.3) is 5.91 Å². The third-order valence-electron chi connectivity index (χ3n) is 2.93. The first-order valence-electron chi connectivity index (χ1n) is 6.26. The van der Waals surface area contributed by atoms with E-state index in [-0.39, 0.29) is 10.9 Å². The highest BCUT2D eigenvalue weighted by atomic mass is 32.2. The lowest BCUT2D eigenvalue weighted by atomic mass is 10.2. The molecule has 8 heteroatoms. The summed E-state index contributed by atoms with van der Waals surface area (Å²) in [4.78, 5) is 16.1. The summed E-state index contributed by atoms with van der Waals surface area (Å²) >= 11 is 0. The molecule has 1 atom stereocenters. The van der Waals surface area contributed by atoms with Crippen molar-refractivity contribution in [3.05, 3.63) is 30.1 Å². The van der Waals surface area contributed by atoms with Crippen LogP contribution < -0.4 is 5.32 Å². The largest absolute Gasteiger partial charge is 0.335 e. The van der Waals surface area contributed by atoms with Crippen molar-refractivity contribution < 1.29 is 13.2 Å². The van der Waals surface area contributed by atoms with Crippen LogP contribution >= 0.6 is 0 Å².